The molecule has 10 heteroatoms. The molecule has 1 saturated heterocycles. The second kappa shape index (κ2) is 15.6. The summed E-state index contributed by atoms with van der Waals surface area (Å²) >= 11 is 0. The fourth-order valence-electron chi connectivity index (χ4n) is 2.77. The number of hydrogen-bond acceptors (Lipinski definition) is 6. The Morgan fingerprint density at radius 2 is 1.89 bits per heavy atom. The molecule has 0 aromatic heterocycles. The van der Waals surface area contributed by atoms with Gasteiger partial charge in [-0.05, 0) is 33.6 Å². The number of hydrogen-bond donors (Lipinski definition) is 2. The summed E-state index contributed by atoms with van der Waals surface area (Å²) in [6.45, 7) is 12.0. The maximum Gasteiger partial charge on any atom is 0.191 e. The zero-order valence-electron chi connectivity index (χ0n) is 17.8. The molecule has 0 aromatic rings. The lowest BCUT2D eigenvalue weighted by molar-refractivity contribution is 0.0532. The zero-order valence-corrected chi connectivity index (χ0v) is 20.9. The largest absolute Gasteiger partial charge is 0.378 e. The minimum absolute atomic E-state index is 0. The van der Waals surface area contributed by atoms with E-state index in [1.807, 2.05) is 6.92 Å². The van der Waals surface area contributed by atoms with Crippen molar-refractivity contribution in [1.29, 1.82) is 0 Å². The van der Waals surface area contributed by atoms with Crippen LogP contribution < -0.4 is 10.6 Å². The Morgan fingerprint density at radius 1 is 1.21 bits per heavy atom. The van der Waals surface area contributed by atoms with Crippen molar-refractivity contribution < 1.29 is 17.9 Å². The first-order valence-corrected chi connectivity index (χ1v) is 12.0. The lowest BCUT2D eigenvalue weighted by Crippen LogP contribution is -2.49. The van der Waals surface area contributed by atoms with Gasteiger partial charge in [0.2, 0.25) is 0 Å². The standard InChI is InChI=1S/C18H38N4O4S.HI/c1-5-19-18(20-8-12-25-14-15-27(4,23)24)21-17-6-9-22(10-7-17)11-13-26-16(2)3;/h16-17H,5-15H2,1-4H3,(H2,19,20,21);1H. The monoisotopic (exact) mass is 534 g/mol. The number of aliphatic imine (C=N–C) groups is 1. The Morgan fingerprint density at radius 3 is 2.46 bits per heavy atom. The summed E-state index contributed by atoms with van der Waals surface area (Å²) < 4.78 is 33.1. The van der Waals surface area contributed by atoms with E-state index in [-0.39, 0.29) is 36.3 Å². The van der Waals surface area contributed by atoms with Gasteiger partial charge in [0, 0.05) is 38.5 Å². The van der Waals surface area contributed by atoms with Crippen LogP contribution in [0.5, 0.6) is 0 Å². The average Bonchev–Trinajstić information content (AvgIpc) is 2.58. The van der Waals surface area contributed by atoms with Crippen molar-refractivity contribution in [3.05, 3.63) is 0 Å². The summed E-state index contributed by atoms with van der Waals surface area (Å²) in [6, 6.07) is 0.413. The molecular weight excluding hydrogens is 495 g/mol. The van der Waals surface area contributed by atoms with Crippen molar-refractivity contribution in [2.24, 2.45) is 4.99 Å². The minimum Gasteiger partial charge on any atom is -0.378 e. The summed E-state index contributed by atoms with van der Waals surface area (Å²) in [5, 5.41) is 6.75. The predicted octanol–water partition coefficient (Wildman–Crippen LogP) is 1.11. The normalized spacial score (nSPS) is 16.8. The van der Waals surface area contributed by atoms with Crippen molar-refractivity contribution in [3.8, 4) is 0 Å². The number of guanidine groups is 1. The molecule has 1 aliphatic heterocycles. The van der Waals surface area contributed by atoms with Crippen LogP contribution in [0.25, 0.3) is 0 Å². The Bertz CT molecular complexity index is 524. The zero-order chi connectivity index (χ0) is 20.1. The van der Waals surface area contributed by atoms with Crippen LogP contribution in [0.3, 0.4) is 0 Å². The van der Waals surface area contributed by atoms with E-state index in [4.69, 9.17) is 9.47 Å². The average molecular weight is 535 g/mol. The van der Waals surface area contributed by atoms with E-state index in [2.05, 4.69) is 34.4 Å². The van der Waals surface area contributed by atoms with Gasteiger partial charge in [-0.15, -0.1) is 24.0 Å². The molecule has 0 radical (unpaired) electrons. The first-order valence-electron chi connectivity index (χ1n) is 9.94. The Hall–Kier alpha value is -0.170. The summed E-state index contributed by atoms with van der Waals surface area (Å²) in [5.74, 6) is 0.848. The number of rotatable bonds is 12. The van der Waals surface area contributed by atoms with Gasteiger partial charge < -0.3 is 25.0 Å². The summed E-state index contributed by atoms with van der Waals surface area (Å²) in [5.41, 5.74) is 0. The van der Waals surface area contributed by atoms with Gasteiger partial charge >= 0.3 is 0 Å². The highest BCUT2D eigenvalue weighted by molar-refractivity contribution is 14.0. The molecule has 1 fully saturated rings. The van der Waals surface area contributed by atoms with Gasteiger partial charge in [0.15, 0.2) is 5.96 Å². The fraction of sp³-hybridized carbons (Fsp3) is 0.944. The molecule has 168 valence electrons. The summed E-state index contributed by atoms with van der Waals surface area (Å²) in [4.78, 5) is 6.96. The van der Waals surface area contributed by atoms with E-state index in [9.17, 15) is 8.42 Å². The third-order valence-electron chi connectivity index (χ3n) is 4.24. The predicted molar refractivity (Wildman–Crippen MR) is 126 cm³/mol. The van der Waals surface area contributed by atoms with Crippen LogP contribution in [0, 0.1) is 0 Å². The molecule has 0 aliphatic carbocycles. The highest BCUT2D eigenvalue weighted by Crippen LogP contribution is 2.10. The minimum atomic E-state index is -2.97. The number of piperidine rings is 1. The Kier molecular flexibility index (Phi) is 15.5. The molecule has 1 aliphatic rings. The first kappa shape index (κ1) is 27.8. The van der Waals surface area contributed by atoms with Crippen LogP contribution in [0.4, 0.5) is 0 Å². The van der Waals surface area contributed by atoms with Crippen molar-refractivity contribution in [2.45, 2.75) is 45.8 Å². The number of nitrogens with zero attached hydrogens (tertiary/aromatic N) is 2. The van der Waals surface area contributed by atoms with Gasteiger partial charge in [-0.3, -0.25) is 4.99 Å². The lowest BCUT2D eigenvalue weighted by atomic mass is 10.1. The molecule has 0 bridgehead atoms. The molecular formula is C18H39IN4O4S. The number of nitrogens with one attached hydrogen (secondary N) is 2. The van der Waals surface area contributed by atoms with Gasteiger partial charge in [-0.25, -0.2) is 8.42 Å². The second-order valence-electron chi connectivity index (χ2n) is 7.18. The topological polar surface area (TPSA) is 92.3 Å². The fourth-order valence-corrected chi connectivity index (χ4v) is 3.19. The molecule has 0 atom stereocenters. The molecule has 0 saturated carbocycles. The van der Waals surface area contributed by atoms with Gasteiger partial charge in [0.25, 0.3) is 0 Å². The van der Waals surface area contributed by atoms with Gasteiger partial charge in [0.1, 0.15) is 9.84 Å². The Balaban J connectivity index is 0.00000729. The van der Waals surface area contributed by atoms with Crippen LogP contribution >= 0.6 is 24.0 Å². The molecule has 8 nitrogen and oxygen atoms in total. The van der Waals surface area contributed by atoms with E-state index in [1.165, 1.54) is 6.26 Å². The SMILES string of the molecule is CCNC(=NCCOCCS(C)(=O)=O)NC1CCN(CCOC(C)C)CC1.I. The molecule has 1 rings (SSSR count). The molecule has 0 spiro atoms. The van der Waals surface area contributed by atoms with E-state index in [0.717, 1.165) is 51.6 Å². The van der Waals surface area contributed by atoms with Gasteiger partial charge in [0.05, 0.1) is 38.2 Å². The quantitative estimate of drug-likeness (QED) is 0.168. The van der Waals surface area contributed by atoms with Crippen LogP contribution in [-0.4, -0.2) is 96.0 Å². The van der Waals surface area contributed by atoms with Crippen molar-refractivity contribution in [3.63, 3.8) is 0 Å². The van der Waals surface area contributed by atoms with E-state index >= 15 is 0 Å². The number of ether oxygens (including phenoxy) is 2. The van der Waals surface area contributed by atoms with Crippen molar-refractivity contribution in [1.82, 2.24) is 15.5 Å². The number of halogens is 1. The van der Waals surface area contributed by atoms with E-state index < -0.39 is 9.84 Å². The highest BCUT2D eigenvalue weighted by Gasteiger charge is 2.19. The molecule has 28 heavy (non-hydrogen) atoms. The van der Waals surface area contributed by atoms with Crippen molar-refractivity contribution in [2.75, 3.05) is 64.6 Å². The first-order chi connectivity index (χ1) is 12.8. The van der Waals surface area contributed by atoms with Crippen molar-refractivity contribution >= 4 is 39.8 Å². The van der Waals surface area contributed by atoms with Crippen LogP contribution in [-0.2, 0) is 19.3 Å². The third kappa shape index (κ3) is 14.8. The third-order valence-corrected chi connectivity index (χ3v) is 5.14. The smallest absolute Gasteiger partial charge is 0.191 e. The maximum absolute atomic E-state index is 11.1. The summed E-state index contributed by atoms with van der Waals surface area (Å²) in [6.07, 6.45) is 3.66. The summed E-state index contributed by atoms with van der Waals surface area (Å²) in [7, 11) is -2.97. The van der Waals surface area contributed by atoms with Crippen LogP contribution in [0.1, 0.15) is 33.6 Å². The molecule has 0 amide bonds. The van der Waals surface area contributed by atoms with Gasteiger partial charge in [-0.1, -0.05) is 0 Å². The van der Waals surface area contributed by atoms with E-state index in [0.29, 0.717) is 25.3 Å². The maximum atomic E-state index is 11.1. The molecule has 2 N–H and O–H groups in total. The molecule has 0 aromatic carbocycles. The molecule has 0 unspecified atom stereocenters. The number of likely N-dealkylation sites (tertiary alicyclic amines) is 1. The van der Waals surface area contributed by atoms with Crippen LogP contribution in [0.2, 0.25) is 0 Å². The van der Waals surface area contributed by atoms with E-state index in [1.54, 1.807) is 0 Å². The van der Waals surface area contributed by atoms with Crippen LogP contribution in [0.15, 0.2) is 4.99 Å². The van der Waals surface area contributed by atoms with Gasteiger partial charge in [-0.2, -0.15) is 0 Å². The highest BCUT2D eigenvalue weighted by atomic mass is 127. The second-order valence-corrected chi connectivity index (χ2v) is 9.44. The number of sulfone groups is 1. The Labute approximate surface area is 188 Å². The molecule has 1 heterocycles. The lowest BCUT2D eigenvalue weighted by Gasteiger charge is -2.33.